The number of nitro benzene ring substituents is 1. The van der Waals surface area contributed by atoms with E-state index in [-0.39, 0.29) is 5.69 Å². The van der Waals surface area contributed by atoms with Gasteiger partial charge < -0.3 is 4.42 Å². The lowest BCUT2D eigenvalue weighted by Gasteiger charge is -1.95. The Labute approximate surface area is 127 Å². The lowest BCUT2D eigenvalue weighted by atomic mass is 10.2. The third kappa shape index (κ3) is 2.26. The number of rotatable bonds is 2. The first-order chi connectivity index (χ1) is 9.54. The van der Waals surface area contributed by atoms with E-state index >= 15 is 0 Å². The summed E-state index contributed by atoms with van der Waals surface area (Å²) in [4.78, 5) is 14.8. The van der Waals surface area contributed by atoms with Crippen LogP contribution in [0.25, 0.3) is 22.6 Å². The van der Waals surface area contributed by atoms with Crippen molar-refractivity contribution in [3.63, 3.8) is 0 Å². The Hall–Kier alpha value is -1.96. The molecule has 6 heteroatoms. The van der Waals surface area contributed by atoms with Crippen molar-refractivity contribution in [2.75, 3.05) is 0 Å². The smallest absolute Gasteiger partial charge is 0.272 e. The fourth-order valence-electron chi connectivity index (χ4n) is 2.03. The summed E-state index contributed by atoms with van der Waals surface area (Å²) >= 11 is 2.21. The van der Waals surface area contributed by atoms with Crippen molar-refractivity contribution in [3.8, 4) is 11.5 Å². The molecule has 0 bridgehead atoms. The van der Waals surface area contributed by atoms with Crippen molar-refractivity contribution in [1.29, 1.82) is 0 Å². The summed E-state index contributed by atoms with van der Waals surface area (Å²) in [6.45, 7) is 1.78. The van der Waals surface area contributed by atoms with E-state index in [0.29, 0.717) is 22.6 Å². The van der Waals surface area contributed by atoms with Gasteiger partial charge in [-0.25, -0.2) is 4.98 Å². The highest BCUT2D eigenvalue weighted by molar-refractivity contribution is 14.1. The second-order valence-electron chi connectivity index (χ2n) is 4.40. The number of oxazole rings is 1. The Morgan fingerprint density at radius 3 is 2.80 bits per heavy atom. The zero-order chi connectivity index (χ0) is 14.3. The van der Waals surface area contributed by atoms with E-state index in [9.17, 15) is 10.1 Å². The fraction of sp³-hybridized carbons (Fsp3) is 0.0714. The Balaban J connectivity index is 2.20. The number of non-ortho nitro benzene ring substituents is 1. The van der Waals surface area contributed by atoms with Gasteiger partial charge in [0.25, 0.3) is 5.69 Å². The van der Waals surface area contributed by atoms with Crippen molar-refractivity contribution in [2.45, 2.75) is 6.92 Å². The van der Waals surface area contributed by atoms with Crippen LogP contribution in [0.1, 0.15) is 5.56 Å². The highest BCUT2D eigenvalue weighted by Gasteiger charge is 2.15. The molecule has 0 aliphatic rings. The number of fused-ring (bicyclic) bond motifs is 1. The van der Waals surface area contributed by atoms with Gasteiger partial charge in [-0.2, -0.15) is 0 Å². The highest BCUT2D eigenvalue weighted by atomic mass is 127. The second kappa shape index (κ2) is 4.86. The molecule has 0 saturated heterocycles. The normalized spacial score (nSPS) is 10.9. The lowest BCUT2D eigenvalue weighted by molar-refractivity contribution is -0.384. The number of benzene rings is 2. The van der Waals surface area contributed by atoms with E-state index < -0.39 is 4.92 Å². The molecule has 0 atom stereocenters. The predicted octanol–water partition coefficient (Wildman–Crippen LogP) is 4.32. The summed E-state index contributed by atoms with van der Waals surface area (Å²) in [6, 6.07) is 10.7. The minimum absolute atomic E-state index is 0.0255. The minimum atomic E-state index is -0.424. The molecule has 100 valence electrons. The molecule has 0 radical (unpaired) electrons. The molecule has 0 fully saturated rings. The molecule has 0 saturated carbocycles. The molecular weight excluding hydrogens is 371 g/mol. The third-order valence-corrected chi connectivity index (χ3v) is 3.61. The Bertz CT molecular complexity index is 826. The van der Waals surface area contributed by atoms with E-state index in [1.807, 2.05) is 24.3 Å². The van der Waals surface area contributed by atoms with Gasteiger partial charge in [-0.15, -0.1) is 0 Å². The molecule has 0 aliphatic carbocycles. The van der Waals surface area contributed by atoms with Crippen LogP contribution in [-0.4, -0.2) is 9.91 Å². The largest absolute Gasteiger partial charge is 0.436 e. The van der Waals surface area contributed by atoms with Crippen LogP contribution in [0, 0.1) is 20.6 Å². The highest BCUT2D eigenvalue weighted by Crippen LogP contribution is 2.30. The van der Waals surface area contributed by atoms with Gasteiger partial charge in [0.2, 0.25) is 5.89 Å². The number of nitro groups is 1. The van der Waals surface area contributed by atoms with Crippen LogP contribution >= 0.6 is 22.6 Å². The number of aryl methyl sites for hydroxylation is 1. The van der Waals surface area contributed by atoms with Crippen molar-refractivity contribution in [1.82, 2.24) is 4.98 Å². The first kappa shape index (κ1) is 13.0. The molecule has 5 nitrogen and oxygen atoms in total. The first-order valence-electron chi connectivity index (χ1n) is 5.86. The molecule has 0 aliphatic heterocycles. The van der Waals surface area contributed by atoms with Gasteiger partial charge in [0, 0.05) is 26.8 Å². The molecule has 1 heterocycles. The Morgan fingerprint density at radius 2 is 2.10 bits per heavy atom. The summed E-state index contributed by atoms with van der Waals surface area (Å²) in [5.41, 5.74) is 2.68. The molecule has 0 N–H and O–H groups in total. The van der Waals surface area contributed by atoms with Crippen molar-refractivity contribution >= 4 is 39.4 Å². The van der Waals surface area contributed by atoms with Gasteiger partial charge in [-0.05, 0) is 47.7 Å². The van der Waals surface area contributed by atoms with E-state index in [1.165, 1.54) is 12.1 Å². The van der Waals surface area contributed by atoms with Crippen LogP contribution in [0.3, 0.4) is 0 Å². The van der Waals surface area contributed by atoms with Crippen molar-refractivity contribution in [2.24, 2.45) is 0 Å². The van der Waals surface area contributed by atoms with Crippen LogP contribution < -0.4 is 0 Å². The summed E-state index contributed by atoms with van der Waals surface area (Å²) in [7, 11) is 0. The average molecular weight is 380 g/mol. The Morgan fingerprint density at radius 1 is 1.30 bits per heavy atom. The minimum Gasteiger partial charge on any atom is -0.436 e. The zero-order valence-corrected chi connectivity index (χ0v) is 12.6. The Kier molecular flexibility index (Phi) is 3.17. The standard InChI is InChI=1S/C14H9IN2O3/c1-8-5-11(17(18)19)7-12-13(8)20-14(16-12)9-3-2-4-10(15)6-9/h2-7H,1H3. The zero-order valence-electron chi connectivity index (χ0n) is 10.5. The topological polar surface area (TPSA) is 69.2 Å². The van der Waals surface area contributed by atoms with Gasteiger partial charge in [0.05, 0.1) is 4.92 Å². The molecule has 1 aromatic heterocycles. The number of hydrogen-bond donors (Lipinski definition) is 0. The van der Waals surface area contributed by atoms with Crippen LogP contribution in [0.4, 0.5) is 5.69 Å². The maximum Gasteiger partial charge on any atom is 0.272 e. The summed E-state index contributed by atoms with van der Waals surface area (Å²) < 4.78 is 6.81. The van der Waals surface area contributed by atoms with Gasteiger partial charge in [-0.3, -0.25) is 10.1 Å². The van der Waals surface area contributed by atoms with Crippen LogP contribution in [-0.2, 0) is 0 Å². The second-order valence-corrected chi connectivity index (χ2v) is 5.64. The fourth-order valence-corrected chi connectivity index (χ4v) is 2.57. The van der Waals surface area contributed by atoms with Crippen LogP contribution in [0.2, 0.25) is 0 Å². The average Bonchev–Trinajstić information content (AvgIpc) is 2.83. The summed E-state index contributed by atoms with van der Waals surface area (Å²) in [5.74, 6) is 0.474. The van der Waals surface area contributed by atoms with Gasteiger partial charge in [0.1, 0.15) is 5.52 Å². The predicted molar refractivity (Wildman–Crippen MR) is 83.6 cm³/mol. The van der Waals surface area contributed by atoms with E-state index in [4.69, 9.17) is 4.42 Å². The molecule has 20 heavy (non-hydrogen) atoms. The van der Waals surface area contributed by atoms with Gasteiger partial charge >= 0.3 is 0 Å². The lowest BCUT2D eigenvalue weighted by Crippen LogP contribution is -1.88. The van der Waals surface area contributed by atoms with Crippen LogP contribution in [0.5, 0.6) is 0 Å². The monoisotopic (exact) mass is 380 g/mol. The molecule has 3 aromatic rings. The summed E-state index contributed by atoms with van der Waals surface area (Å²) in [6.07, 6.45) is 0. The maximum absolute atomic E-state index is 10.9. The van der Waals surface area contributed by atoms with Gasteiger partial charge in [-0.1, -0.05) is 6.07 Å². The molecule has 0 spiro atoms. The first-order valence-corrected chi connectivity index (χ1v) is 6.94. The number of aromatic nitrogens is 1. The molecule has 3 rings (SSSR count). The van der Waals surface area contributed by atoms with E-state index in [0.717, 1.165) is 9.13 Å². The molecule has 2 aromatic carbocycles. The van der Waals surface area contributed by atoms with Gasteiger partial charge in [0.15, 0.2) is 5.58 Å². The number of halogens is 1. The number of hydrogen-bond acceptors (Lipinski definition) is 4. The quantitative estimate of drug-likeness (QED) is 0.377. The third-order valence-electron chi connectivity index (χ3n) is 2.94. The molecule has 0 unspecified atom stereocenters. The van der Waals surface area contributed by atoms with E-state index in [2.05, 4.69) is 27.6 Å². The SMILES string of the molecule is Cc1cc([N+](=O)[O-])cc2nc(-c3cccc(I)c3)oc12. The van der Waals surface area contributed by atoms with Crippen molar-refractivity contribution in [3.05, 3.63) is 55.6 Å². The number of nitrogens with zero attached hydrogens (tertiary/aromatic N) is 2. The maximum atomic E-state index is 10.9. The van der Waals surface area contributed by atoms with E-state index in [1.54, 1.807) is 6.92 Å². The molecule has 0 amide bonds. The summed E-state index contributed by atoms with van der Waals surface area (Å²) in [5, 5.41) is 10.9. The van der Waals surface area contributed by atoms with Crippen molar-refractivity contribution < 1.29 is 9.34 Å². The molecular formula is C14H9IN2O3. The van der Waals surface area contributed by atoms with Crippen LogP contribution in [0.15, 0.2) is 40.8 Å².